The molecule has 0 atom stereocenters. The first-order chi connectivity index (χ1) is 16.7. The summed E-state index contributed by atoms with van der Waals surface area (Å²) < 4.78 is 12.9. The summed E-state index contributed by atoms with van der Waals surface area (Å²) in [5.41, 5.74) is 0.927. The number of thiazole rings is 1. The van der Waals surface area contributed by atoms with Crippen LogP contribution in [0.5, 0.6) is 0 Å². The standard InChI is InChI=1S/C25H20N4O4S/c30-19(18-8-7-16-4-1-2-5-17(16)14-18)15-29-24(31)22-23(21(27-29)20-6-3-11-33-20)34-25(26-22)28-9-12-32-13-10-28/h1-8,11,14H,9-10,12-13,15H2. The van der Waals surface area contributed by atoms with E-state index in [1.54, 1.807) is 24.5 Å². The zero-order valence-electron chi connectivity index (χ0n) is 18.1. The van der Waals surface area contributed by atoms with Gasteiger partial charge in [0.1, 0.15) is 12.2 Å². The number of carbonyl (C=O) groups is 1. The predicted molar refractivity (Wildman–Crippen MR) is 131 cm³/mol. The van der Waals surface area contributed by atoms with E-state index in [-0.39, 0.29) is 12.3 Å². The molecule has 3 aromatic heterocycles. The van der Waals surface area contributed by atoms with Crippen molar-refractivity contribution < 1.29 is 13.9 Å². The largest absolute Gasteiger partial charge is 0.463 e. The Morgan fingerprint density at radius 1 is 1.03 bits per heavy atom. The number of ether oxygens (including phenoxy) is 1. The number of benzene rings is 2. The number of fused-ring (bicyclic) bond motifs is 2. The van der Waals surface area contributed by atoms with Gasteiger partial charge in [0.15, 0.2) is 22.2 Å². The number of furan rings is 1. The molecule has 0 unspecified atom stereocenters. The first kappa shape index (κ1) is 20.8. The maximum atomic E-state index is 13.3. The van der Waals surface area contributed by atoms with Gasteiger partial charge in [-0.25, -0.2) is 9.67 Å². The van der Waals surface area contributed by atoms with E-state index in [9.17, 15) is 9.59 Å². The van der Waals surface area contributed by atoms with Gasteiger partial charge < -0.3 is 14.1 Å². The lowest BCUT2D eigenvalue weighted by molar-refractivity contribution is 0.0966. The Bertz CT molecular complexity index is 1570. The molecule has 0 amide bonds. The maximum Gasteiger partial charge on any atom is 0.294 e. The predicted octanol–water partition coefficient (Wildman–Crippen LogP) is 3.99. The molecule has 6 rings (SSSR count). The van der Waals surface area contributed by atoms with Crippen LogP contribution in [0.25, 0.3) is 32.4 Å². The lowest BCUT2D eigenvalue weighted by atomic mass is 10.0. The third-order valence-corrected chi connectivity index (χ3v) is 7.01. The Hall–Kier alpha value is -3.82. The average molecular weight is 473 g/mol. The van der Waals surface area contributed by atoms with E-state index in [1.807, 2.05) is 36.4 Å². The molecule has 0 N–H and O–H groups in total. The van der Waals surface area contributed by atoms with E-state index < -0.39 is 5.56 Å². The van der Waals surface area contributed by atoms with Crippen molar-refractivity contribution >= 4 is 43.2 Å². The number of hydrogen-bond donors (Lipinski definition) is 0. The van der Waals surface area contributed by atoms with Crippen LogP contribution < -0.4 is 10.5 Å². The van der Waals surface area contributed by atoms with Crippen molar-refractivity contribution in [2.45, 2.75) is 6.54 Å². The summed E-state index contributed by atoms with van der Waals surface area (Å²) in [4.78, 5) is 33.2. The van der Waals surface area contributed by atoms with Crippen LogP contribution in [0.1, 0.15) is 10.4 Å². The van der Waals surface area contributed by atoms with Gasteiger partial charge in [0.05, 0.1) is 24.2 Å². The van der Waals surface area contributed by atoms with E-state index in [1.165, 1.54) is 16.0 Å². The van der Waals surface area contributed by atoms with Crippen LogP contribution in [0.15, 0.2) is 70.1 Å². The number of rotatable bonds is 5. The fourth-order valence-electron chi connectivity index (χ4n) is 4.11. The number of aromatic nitrogens is 3. The molecule has 5 aromatic rings. The first-order valence-corrected chi connectivity index (χ1v) is 11.8. The number of hydrogen-bond acceptors (Lipinski definition) is 8. The SMILES string of the molecule is O=C(Cn1nc(-c2ccco2)c2sc(N3CCOCC3)nc2c1=O)c1ccc2ccccc2c1. The second-order valence-corrected chi connectivity index (χ2v) is 9.02. The van der Waals surface area contributed by atoms with Crippen molar-refractivity contribution in [3.63, 3.8) is 0 Å². The molecular weight excluding hydrogens is 452 g/mol. The minimum absolute atomic E-state index is 0.189. The van der Waals surface area contributed by atoms with Gasteiger partial charge in [0.2, 0.25) is 0 Å². The van der Waals surface area contributed by atoms with Gasteiger partial charge in [-0.15, -0.1) is 0 Å². The van der Waals surface area contributed by atoms with Crippen molar-refractivity contribution in [1.82, 2.24) is 14.8 Å². The molecule has 4 heterocycles. The Balaban J connectivity index is 1.43. The van der Waals surface area contributed by atoms with Crippen LogP contribution in [0.3, 0.4) is 0 Å². The summed E-state index contributed by atoms with van der Waals surface area (Å²) in [7, 11) is 0. The van der Waals surface area contributed by atoms with Crippen LogP contribution in [0.4, 0.5) is 5.13 Å². The highest BCUT2D eigenvalue weighted by molar-refractivity contribution is 7.22. The fraction of sp³-hybridized carbons (Fsp3) is 0.200. The van der Waals surface area contributed by atoms with Gasteiger partial charge in [-0.05, 0) is 29.0 Å². The number of Topliss-reactive ketones (excluding diaryl/α,β-unsaturated/α-hetero) is 1. The van der Waals surface area contributed by atoms with E-state index in [0.717, 1.165) is 15.9 Å². The summed E-state index contributed by atoms with van der Waals surface area (Å²) in [6, 6.07) is 16.9. The molecule has 0 spiro atoms. The molecule has 1 saturated heterocycles. The van der Waals surface area contributed by atoms with Crippen LogP contribution >= 0.6 is 11.3 Å². The second kappa shape index (κ2) is 8.51. The molecule has 1 aliphatic heterocycles. The Morgan fingerprint density at radius 3 is 2.65 bits per heavy atom. The molecule has 34 heavy (non-hydrogen) atoms. The fourth-order valence-corrected chi connectivity index (χ4v) is 5.21. The zero-order valence-corrected chi connectivity index (χ0v) is 19.0. The minimum atomic E-state index is -0.393. The lowest BCUT2D eigenvalue weighted by Crippen LogP contribution is -2.36. The lowest BCUT2D eigenvalue weighted by Gasteiger charge is -2.25. The summed E-state index contributed by atoms with van der Waals surface area (Å²) in [5, 5.41) is 7.30. The minimum Gasteiger partial charge on any atom is -0.463 e. The molecule has 0 bridgehead atoms. The molecule has 0 saturated carbocycles. The van der Waals surface area contributed by atoms with Gasteiger partial charge in [0.25, 0.3) is 5.56 Å². The van der Waals surface area contributed by atoms with Gasteiger partial charge in [-0.2, -0.15) is 5.10 Å². The molecule has 0 aliphatic carbocycles. The molecule has 9 heteroatoms. The smallest absolute Gasteiger partial charge is 0.294 e. The van der Waals surface area contributed by atoms with Crippen LogP contribution in [0.2, 0.25) is 0 Å². The topological polar surface area (TPSA) is 90.5 Å². The van der Waals surface area contributed by atoms with Crippen molar-refractivity contribution in [2.24, 2.45) is 0 Å². The summed E-state index contributed by atoms with van der Waals surface area (Å²) in [6.45, 7) is 2.45. The highest BCUT2D eigenvalue weighted by atomic mass is 32.1. The average Bonchev–Trinajstić information content (AvgIpc) is 3.57. The molecule has 1 aliphatic rings. The third-order valence-electron chi connectivity index (χ3n) is 5.89. The van der Waals surface area contributed by atoms with Gasteiger partial charge >= 0.3 is 0 Å². The highest BCUT2D eigenvalue weighted by Gasteiger charge is 2.23. The zero-order chi connectivity index (χ0) is 23.1. The van der Waals surface area contributed by atoms with Crippen LogP contribution in [-0.2, 0) is 11.3 Å². The van der Waals surface area contributed by atoms with Crippen molar-refractivity contribution in [3.8, 4) is 11.5 Å². The van der Waals surface area contributed by atoms with Gasteiger partial charge in [0, 0.05) is 18.7 Å². The quantitative estimate of drug-likeness (QED) is 0.357. The van der Waals surface area contributed by atoms with Crippen molar-refractivity contribution in [1.29, 1.82) is 0 Å². The molecule has 1 fully saturated rings. The van der Waals surface area contributed by atoms with E-state index >= 15 is 0 Å². The number of carbonyl (C=O) groups excluding carboxylic acids is 1. The number of ketones is 1. The summed E-state index contributed by atoms with van der Waals surface area (Å²) >= 11 is 1.41. The molecular formula is C25H20N4O4S. The van der Waals surface area contributed by atoms with Crippen LogP contribution in [-0.4, -0.2) is 46.9 Å². The number of nitrogens with zero attached hydrogens (tertiary/aromatic N) is 4. The Labute approximate surface area is 198 Å². The van der Waals surface area contributed by atoms with E-state index in [2.05, 4.69) is 15.0 Å². The van der Waals surface area contributed by atoms with Crippen LogP contribution in [0, 0.1) is 0 Å². The van der Waals surface area contributed by atoms with Gasteiger partial charge in [-0.3, -0.25) is 9.59 Å². The van der Waals surface area contributed by atoms with Crippen molar-refractivity contribution in [2.75, 3.05) is 31.2 Å². The number of anilines is 1. The molecule has 0 radical (unpaired) electrons. The number of morpholine rings is 1. The first-order valence-electron chi connectivity index (χ1n) is 11.0. The third kappa shape index (κ3) is 3.68. The Kier molecular flexibility index (Phi) is 5.20. The van der Waals surface area contributed by atoms with Crippen molar-refractivity contribution in [3.05, 3.63) is 76.8 Å². The monoisotopic (exact) mass is 472 g/mol. The molecule has 170 valence electrons. The Morgan fingerprint density at radius 2 is 1.85 bits per heavy atom. The van der Waals surface area contributed by atoms with E-state index in [0.29, 0.717) is 53.5 Å². The summed E-state index contributed by atoms with van der Waals surface area (Å²) in [5.74, 6) is 0.322. The van der Waals surface area contributed by atoms with E-state index in [4.69, 9.17) is 9.15 Å². The second-order valence-electron chi connectivity index (χ2n) is 8.05. The molecule has 8 nitrogen and oxygen atoms in total. The summed E-state index contributed by atoms with van der Waals surface area (Å²) in [6.07, 6.45) is 1.56. The normalized spacial score (nSPS) is 14.2. The van der Waals surface area contributed by atoms with Gasteiger partial charge in [-0.1, -0.05) is 47.7 Å². The molecule has 2 aromatic carbocycles. The highest BCUT2D eigenvalue weighted by Crippen LogP contribution is 2.34. The maximum absolute atomic E-state index is 13.3.